The zero-order chi connectivity index (χ0) is 25.7. The number of amides is 1. The van der Waals surface area contributed by atoms with Crippen LogP contribution in [0.5, 0.6) is 17.2 Å². The van der Waals surface area contributed by atoms with E-state index in [0.29, 0.717) is 23.0 Å². The summed E-state index contributed by atoms with van der Waals surface area (Å²) < 4.78 is 14.0. The molecule has 0 saturated carbocycles. The molecule has 0 radical (unpaired) electrons. The van der Waals surface area contributed by atoms with Crippen molar-refractivity contribution in [2.75, 3.05) is 5.32 Å². The molecule has 1 aromatic heterocycles. The van der Waals surface area contributed by atoms with Crippen LogP contribution >= 0.6 is 0 Å². The van der Waals surface area contributed by atoms with Gasteiger partial charge in [0.1, 0.15) is 30.5 Å². The van der Waals surface area contributed by atoms with Crippen LogP contribution in [0.25, 0.3) is 21.8 Å². The van der Waals surface area contributed by atoms with Crippen LogP contribution < -0.4 is 14.8 Å². The third-order valence-corrected chi connectivity index (χ3v) is 6.26. The highest BCUT2D eigenvalue weighted by molar-refractivity contribution is 5.93. The number of nitrogens with one attached hydrogen (secondary N) is 1. The Morgan fingerprint density at radius 1 is 0.737 bits per heavy atom. The Hall–Kier alpha value is -5.10. The van der Waals surface area contributed by atoms with Crippen molar-refractivity contribution in [3.8, 4) is 17.2 Å². The molecule has 0 unspecified atom stereocenters. The lowest BCUT2D eigenvalue weighted by molar-refractivity contribution is -0.116. The minimum Gasteiger partial charge on any atom is -0.486 e. The van der Waals surface area contributed by atoms with Gasteiger partial charge in [-0.1, -0.05) is 72.8 Å². The minimum atomic E-state index is -0.191. The van der Waals surface area contributed by atoms with E-state index in [1.165, 1.54) is 0 Å². The molecule has 6 heteroatoms. The van der Waals surface area contributed by atoms with Gasteiger partial charge >= 0.3 is 0 Å². The maximum atomic E-state index is 13.2. The quantitative estimate of drug-likeness (QED) is 0.241. The topological polar surface area (TPSA) is 65.4 Å². The van der Waals surface area contributed by atoms with Gasteiger partial charge in [0.2, 0.25) is 5.91 Å². The van der Waals surface area contributed by atoms with Crippen LogP contribution in [-0.2, 0) is 17.9 Å². The molecule has 6 rings (SSSR count). The first-order valence-corrected chi connectivity index (χ1v) is 12.4. The Balaban J connectivity index is 1.22. The highest BCUT2D eigenvalue weighted by Gasteiger charge is 2.16. The first-order valence-electron chi connectivity index (χ1n) is 12.4. The second-order valence-corrected chi connectivity index (χ2v) is 8.86. The predicted octanol–water partition coefficient (Wildman–Crippen LogP) is 7.20. The summed E-state index contributed by atoms with van der Waals surface area (Å²) in [6.45, 7) is 0.310. The number of nitrogens with zero attached hydrogens (tertiary/aromatic N) is 2. The van der Waals surface area contributed by atoms with Crippen LogP contribution in [0.4, 0.5) is 5.69 Å². The number of carbonyl (C=O) groups excluding carboxylic acids is 1. The molecule has 5 aromatic carbocycles. The maximum Gasteiger partial charge on any atom is 0.244 e. The fourth-order valence-corrected chi connectivity index (χ4v) is 4.42. The van der Waals surface area contributed by atoms with Crippen LogP contribution in [0.15, 0.2) is 121 Å². The molecule has 186 valence electrons. The molecule has 0 saturated heterocycles. The summed E-state index contributed by atoms with van der Waals surface area (Å²) in [7, 11) is 0. The molecule has 0 aliphatic carbocycles. The van der Waals surface area contributed by atoms with E-state index < -0.39 is 0 Å². The van der Waals surface area contributed by atoms with E-state index in [0.717, 1.165) is 27.6 Å². The Morgan fingerprint density at radius 2 is 1.47 bits per heavy atom. The van der Waals surface area contributed by atoms with Gasteiger partial charge in [-0.3, -0.25) is 4.79 Å². The summed E-state index contributed by atoms with van der Waals surface area (Å²) in [5.41, 5.74) is 2.28. The van der Waals surface area contributed by atoms with Gasteiger partial charge in [-0.15, -0.1) is 0 Å². The van der Waals surface area contributed by atoms with Crippen molar-refractivity contribution < 1.29 is 14.3 Å². The molecule has 1 amide bonds. The number of para-hydroxylation sites is 5. The Morgan fingerprint density at radius 3 is 2.37 bits per heavy atom. The normalized spacial score (nSPS) is 10.9. The number of rotatable bonds is 8. The van der Waals surface area contributed by atoms with E-state index in [1.54, 1.807) is 0 Å². The van der Waals surface area contributed by atoms with Crippen molar-refractivity contribution in [1.82, 2.24) is 9.55 Å². The van der Waals surface area contributed by atoms with Gasteiger partial charge in [0.25, 0.3) is 0 Å². The molecule has 1 N–H and O–H groups in total. The van der Waals surface area contributed by atoms with Gasteiger partial charge in [-0.25, -0.2) is 4.98 Å². The summed E-state index contributed by atoms with van der Waals surface area (Å²) in [5, 5.41) is 5.26. The third-order valence-electron chi connectivity index (χ3n) is 6.26. The summed E-state index contributed by atoms with van der Waals surface area (Å²) in [6.07, 6.45) is 0. The lowest BCUT2D eigenvalue weighted by atomic mass is 10.1. The van der Waals surface area contributed by atoms with Crippen LogP contribution in [-0.4, -0.2) is 15.5 Å². The fraction of sp³-hybridized carbons (Fsp3) is 0.0625. The van der Waals surface area contributed by atoms with Gasteiger partial charge < -0.3 is 19.4 Å². The molecule has 6 aromatic rings. The smallest absolute Gasteiger partial charge is 0.244 e. The average molecular weight is 500 g/mol. The van der Waals surface area contributed by atoms with E-state index >= 15 is 0 Å². The Labute approximate surface area is 220 Å². The lowest BCUT2D eigenvalue weighted by Gasteiger charge is -2.14. The first-order chi connectivity index (χ1) is 18.7. The van der Waals surface area contributed by atoms with Crippen molar-refractivity contribution in [3.05, 3.63) is 127 Å². The molecule has 38 heavy (non-hydrogen) atoms. The fourth-order valence-electron chi connectivity index (χ4n) is 4.42. The Kier molecular flexibility index (Phi) is 6.43. The molecule has 0 atom stereocenters. The average Bonchev–Trinajstić information content (AvgIpc) is 3.30. The summed E-state index contributed by atoms with van der Waals surface area (Å²) >= 11 is 0. The Bertz CT molecular complexity index is 1730. The number of fused-ring (bicyclic) bond motifs is 2. The second kappa shape index (κ2) is 10.5. The second-order valence-electron chi connectivity index (χ2n) is 8.86. The zero-order valence-electron chi connectivity index (χ0n) is 20.6. The predicted molar refractivity (Wildman–Crippen MR) is 150 cm³/mol. The summed E-state index contributed by atoms with van der Waals surface area (Å²) in [5.74, 6) is 2.50. The lowest BCUT2D eigenvalue weighted by Crippen LogP contribution is -2.21. The highest BCUT2D eigenvalue weighted by atomic mass is 16.5. The SMILES string of the molecule is O=C(Cn1c(COc2ccc3ccccc3c2)nc2ccccc21)Nc1ccccc1Oc1ccccc1. The maximum absolute atomic E-state index is 13.2. The van der Waals surface area contributed by atoms with E-state index in [2.05, 4.69) is 17.4 Å². The number of aromatic nitrogens is 2. The molecule has 0 aliphatic rings. The van der Waals surface area contributed by atoms with Gasteiger partial charge in [-0.05, 0) is 59.3 Å². The van der Waals surface area contributed by atoms with Crippen LogP contribution in [0, 0.1) is 0 Å². The molecular formula is C32H25N3O3. The number of benzene rings is 5. The first kappa shape index (κ1) is 23.3. The van der Waals surface area contributed by atoms with Crippen molar-refractivity contribution >= 4 is 33.4 Å². The van der Waals surface area contributed by atoms with Crippen molar-refractivity contribution in [2.24, 2.45) is 0 Å². The van der Waals surface area contributed by atoms with Gasteiger partial charge in [-0.2, -0.15) is 0 Å². The van der Waals surface area contributed by atoms with Gasteiger partial charge in [0.05, 0.1) is 16.7 Å². The summed E-state index contributed by atoms with van der Waals surface area (Å²) in [4.78, 5) is 18.0. The van der Waals surface area contributed by atoms with E-state index in [4.69, 9.17) is 14.5 Å². The number of carbonyl (C=O) groups is 1. The zero-order valence-corrected chi connectivity index (χ0v) is 20.6. The number of ether oxygens (including phenoxy) is 2. The molecular weight excluding hydrogens is 474 g/mol. The van der Waals surface area contributed by atoms with Crippen LogP contribution in [0.1, 0.15) is 5.82 Å². The number of hydrogen-bond acceptors (Lipinski definition) is 4. The molecule has 1 heterocycles. The number of hydrogen-bond donors (Lipinski definition) is 1. The minimum absolute atomic E-state index is 0.0800. The van der Waals surface area contributed by atoms with Gasteiger partial charge in [0.15, 0.2) is 5.75 Å². The molecule has 0 spiro atoms. The monoisotopic (exact) mass is 499 g/mol. The molecule has 6 nitrogen and oxygen atoms in total. The van der Waals surface area contributed by atoms with E-state index in [9.17, 15) is 4.79 Å². The largest absolute Gasteiger partial charge is 0.486 e. The van der Waals surface area contributed by atoms with E-state index in [-0.39, 0.29) is 19.1 Å². The van der Waals surface area contributed by atoms with Crippen LogP contribution in [0.2, 0.25) is 0 Å². The van der Waals surface area contributed by atoms with Gasteiger partial charge in [0, 0.05) is 0 Å². The summed E-state index contributed by atoms with van der Waals surface area (Å²) in [6, 6.07) is 38.8. The highest BCUT2D eigenvalue weighted by Crippen LogP contribution is 2.29. The molecule has 0 fully saturated rings. The van der Waals surface area contributed by atoms with Crippen molar-refractivity contribution in [2.45, 2.75) is 13.2 Å². The number of anilines is 1. The third kappa shape index (κ3) is 5.06. The van der Waals surface area contributed by atoms with Crippen molar-refractivity contribution in [1.29, 1.82) is 0 Å². The van der Waals surface area contributed by atoms with Crippen molar-refractivity contribution in [3.63, 3.8) is 0 Å². The van der Waals surface area contributed by atoms with E-state index in [1.807, 2.05) is 114 Å². The molecule has 0 bridgehead atoms. The standard InChI is InChI=1S/C32H25N3O3/c36-32(34-28-15-7-9-17-30(28)38-25-12-2-1-3-13-25)21-35-29-16-8-6-14-27(29)33-31(35)22-37-26-19-18-23-10-4-5-11-24(23)20-26/h1-20H,21-22H2,(H,34,36). The number of imidazole rings is 1. The van der Waals surface area contributed by atoms with Crippen LogP contribution in [0.3, 0.4) is 0 Å². The molecule has 0 aliphatic heterocycles.